The Hall–Kier alpha value is -0.450. The third-order valence-corrected chi connectivity index (χ3v) is 3.08. The first-order valence-electron chi connectivity index (χ1n) is 4.44. The van der Waals surface area contributed by atoms with E-state index < -0.39 is 0 Å². The Morgan fingerprint density at radius 1 is 1.62 bits per heavy atom. The van der Waals surface area contributed by atoms with Gasteiger partial charge >= 0.3 is 0 Å². The first kappa shape index (κ1) is 10.6. The van der Waals surface area contributed by atoms with Gasteiger partial charge in [-0.1, -0.05) is 13.8 Å². The van der Waals surface area contributed by atoms with E-state index in [9.17, 15) is 0 Å². The highest BCUT2D eigenvalue weighted by Crippen LogP contribution is 2.21. The van der Waals surface area contributed by atoms with Crippen LogP contribution in [0.2, 0.25) is 0 Å². The molecule has 3 N–H and O–H groups in total. The van der Waals surface area contributed by atoms with Gasteiger partial charge in [-0.3, -0.25) is 0 Å². The highest BCUT2D eigenvalue weighted by atomic mass is 32.1. The Balaban J connectivity index is 2.58. The molecule has 3 nitrogen and oxygen atoms in total. The standard InChI is InChI=1S/C9H16N2OS/c1-6(2)9-11-4-8(13-9)3-7(10)5-12/h4,6-7,12H,3,5,10H2,1-2H3. The molecule has 1 aromatic rings. The minimum Gasteiger partial charge on any atom is -0.395 e. The molecule has 1 unspecified atom stereocenters. The zero-order chi connectivity index (χ0) is 9.84. The number of hydrogen-bond donors (Lipinski definition) is 2. The van der Waals surface area contributed by atoms with E-state index in [4.69, 9.17) is 10.8 Å². The molecule has 74 valence electrons. The van der Waals surface area contributed by atoms with Crippen LogP contribution in [0.3, 0.4) is 0 Å². The lowest BCUT2D eigenvalue weighted by molar-refractivity contribution is 0.265. The minimum atomic E-state index is -0.152. The zero-order valence-corrected chi connectivity index (χ0v) is 8.84. The van der Waals surface area contributed by atoms with Crippen molar-refractivity contribution in [3.63, 3.8) is 0 Å². The number of nitrogens with zero attached hydrogens (tertiary/aromatic N) is 1. The molecule has 0 aliphatic heterocycles. The van der Waals surface area contributed by atoms with Crippen LogP contribution in [0, 0.1) is 0 Å². The molecule has 0 aliphatic rings. The van der Waals surface area contributed by atoms with Gasteiger partial charge in [0.2, 0.25) is 0 Å². The Morgan fingerprint density at radius 3 is 2.77 bits per heavy atom. The van der Waals surface area contributed by atoms with Gasteiger partial charge in [0.15, 0.2) is 0 Å². The van der Waals surface area contributed by atoms with Crippen LogP contribution < -0.4 is 5.73 Å². The molecule has 1 atom stereocenters. The number of rotatable bonds is 4. The van der Waals surface area contributed by atoms with Crippen LogP contribution in [-0.4, -0.2) is 22.7 Å². The first-order chi connectivity index (χ1) is 6.13. The van der Waals surface area contributed by atoms with E-state index in [1.165, 1.54) is 0 Å². The molecule has 0 saturated heterocycles. The smallest absolute Gasteiger partial charge is 0.0953 e. The van der Waals surface area contributed by atoms with E-state index in [0.29, 0.717) is 5.92 Å². The summed E-state index contributed by atoms with van der Waals surface area (Å²) in [5, 5.41) is 9.91. The molecule has 0 aromatic carbocycles. The van der Waals surface area contributed by atoms with Crippen LogP contribution in [0.25, 0.3) is 0 Å². The number of aliphatic hydroxyl groups is 1. The van der Waals surface area contributed by atoms with Crippen LogP contribution in [-0.2, 0) is 6.42 Å². The molecular formula is C9H16N2OS. The first-order valence-corrected chi connectivity index (χ1v) is 5.26. The van der Waals surface area contributed by atoms with Crippen molar-refractivity contribution < 1.29 is 5.11 Å². The number of nitrogens with two attached hydrogens (primary N) is 1. The van der Waals surface area contributed by atoms with Crippen molar-refractivity contribution in [1.82, 2.24) is 4.98 Å². The highest BCUT2D eigenvalue weighted by Gasteiger charge is 2.08. The van der Waals surface area contributed by atoms with Gasteiger partial charge in [0, 0.05) is 29.5 Å². The van der Waals surface area contributed by atoms with Crippen molar-refractivity contribution in [2.24, 2.45) is 5.73 Å². The molecular weight excluding hydrogens is 184 g/mol. The third kappa shape index (κ3) is 3.06. The predicted molar refractivity (Wildman–Crippen MR) is 55.0 cm³/mol. The van der Waals surface area contributed by atoms with Gasteiger partial charge in [0.1, 0.15) is 0 Å². The largest absolute Gasteiger partial charge is 0.395 e. The lowest BCUT2D eigenvalue weighted by Gasteiger charge is -2.04. The number of aromatic nitrogens is 1. The van der Waals surface area contributed by atoms with Crippen LogP contribution in [0.4, 0.5) is 0 Å². The Labute approximate surface area is 82.6 Å². The topological polar surface area (TPSA) is 59.1 Å². The van der Waals surface area contributed by atoms with Crippen LogP contribution in [0.15, 0.2) is 6.20 Å². The van der Waals surface area contributed by atoms with Crippen molar-refractivity contribution in [2.45, 2.75) is 32.2 Å². The van der Waals surface area contributed by atoms with Gasteiger partial charge in [-0.05, 0) is 0 Å². The summed E-state index contributed by atoms with van der Waals surface area (Å²) in [6.45, 7) is 4.28. The van der Waals surface area contributed by atoms with Crippen LogP contribution in [0.1, 0.15) is 29.7 Å². The van der Waals surface area contributed by atoms with E-state index in [1.807, 2.05) is 6.20 Å². The van der Waals surface area contributed by atoms with Crippen molar-refractivity contribution in [3.05, 3.63) is 16.1 Å². The molecule has 13 heavy (non-hydrogen) atoms. The molecule has 4 heteroatoms. The molecule has 1 aromatic heterocycles. The van der Waals surface area contributed by atoms with E-state index in [0.717, 1.165) is 16.3 Å². The summed E-state index contributed by atoms with van der Waals surface area (Å²) in [7, 11) is 0. The third-order valence-electron chi connectivity index (χ3n) is 1.76. The summed E-state index contributed by atoms with van der Waals surface area (Å²) in [5.74, 6) is 0.476. The zero-order valence-electron chi connectivity index (χ0n) is 8.03. The normalized spacial score (nSPS) is 13.6. The lowest BCUT2D eigenvalue weighted by Crippen LogP contribution is -2.26. The maximum absolute atomic E-state index is 8.77. The van der Waals surface area contributed by atoms with E-state index in [-0.39, 0.29) is 12.6 Å². The molecule has 0 radical (unpaired) electrons. The van der Waals surface area contributed by atoms with Gasteiger partial charge in [0.25, 0.3) is 0 Å². The summed E-state index contributed by atoms with van der Waals surface area (Å²) in [6.07, 6.45) is 2.58. The average Bonchev–Trinajstić information content (AvgIpc) is 2.52. The summed E-state index contributed by atoms with van der Waals surface area (Å²) in [5.41, 5.74) is 5.62. The summed E-state index contributed by atoms with van der Waals surface area (Å²) in [6, 6.07) is -0.152. The Morgan fingerprint density at radius 2 is 2.31 bits per heavy atom. The predicted octanol–water partition coefficient (Wildman–Crippen LogP) is 1.13. The Bertz CT molecular complexity index is 260. The number of aliphatic hydroxyl groups excluding tert-OH is 1. The molecule has 1 heterocycles. The van der Waals surface area contributed by atoms with Gasteiger partial charge in [-0.25, -0.2) is 4.98 Å². The van der Waals surface area contributed by atoms with Crippen LogP contribution >= 0.6 is 11.3 Å². The van der Waals surface area contributed by atoms with E-state index in [2.05, 4.69) is 18.8 Å². The fraction of sp³-hybridized carbons (Fsp3) is 0.667. The summed E-state index contributed by atoms with van der Waals surface area (Å²) >= 11 is 1.68. The summed E-state index contributed by atoms with van der Waals surface area (Å²) in [4.78, 5) is 5.44. The average molecular weight is 200 g/mol. The van der Waals surface area contributed by atoms with E-state index >= 15 is 0 Å². The minimum absolute atomic E-state index is 0.0366. The van der Waals surface area contributed by atoms with Crippen molar-refractivity contribution in [2.75, 3.05) is 6.61 Å². The molecule has 0 saturated carbocycles. The van der Waals surface area contributed by atoms with Crippen LogP contribution in [0.5, 0.6) is 0 Å². The summed E-state index contributed by atoms with van der Waals surface area (Å²) < 4.78 is 0. The fourth-order valence-corrected chi connectivity index (χ4v) is 2.02. The second kappa shape index (κ2) is 4.69. The molecule has 0 amide bonds. The van der Waals surface area contributed by atoms with Gasteiger partial charge in [0.05, 0.1) is 11.6 Å². The number of hydrogen-bond acceptors (Lipinski definition) is 4. The molecule has 0 bridgehead atoms. The van der Waals surface area contributed by atoms with Crippen molar-refractivity contribution >= 4 is 11.3 Å². The van der Waals surface area contributed by atoms with Gasteiger partial charge in [-0.2, -0.15) is 0 Å². The van der Waals surface area contributed by atoms with Crippen molar-refractivity contribution in [3.8, 4) is 0 Å². The maximum Gasteiger partial charge on any atom is 0.0953 e. The van der Waals surface area contributed by atoms with E-state index in [1.54, 1.807) is 11.3 Å². The lowest BCUT2D eigenvalue weighted by atomic mass is 10.2. The number of thiazole rings is 1. The molecule has 0 fully saturated rings. The van der Waals surface area contributed by atoms with Gasteiger partial charge in [-0.15, -0.1) is 11.3 Å². The maximum atomic E-state index is 8.77. The Kier molecular flexibility index (Phi) is 3.84. The fourth-order valence-electron chi connectivity index (χ4n) is 1.01. The second-order valence-electron chi connectivity index (χ2n) is 3.47. The molecule has 0 aliphatic carbocycles. The second-order valence-corrected chi connectivity index (χ2v) is 4.61. The molecule has 0 spiro atoms. The quantitative estimate of drug-likeness (QED) is 0.766. The molecule has 1 rings (SSSR count). The monoisotopic (exact) mass is 200 g/mol. The van der Waals surface area contributed by atoms with Crippen molar-refractivity contribution in [1.29, 1.82) is 0 Å². The highest BCUT2D eigenvalue weighted by molar-refractivity contribution is 7.11. The van der Waals surface area contributed by atoms with Gasteiger partial charge < -0.3 is 10.8 Å². The SMILES string of the molecule is CC(C)c1ncc(CC(N)CO)s1.